The summed E-state index contributed by atoms with van der Waals surface area (Å²) in [6.07, 6.45) is 0. The molecule has 0 atom stereocenters. The van der Waals surface area contributed by atoms with Crippen LogP contribution in [-0.4, -0.2) is 0 Å². The molecule has 103 valence electrons. The van der Waals surface area contributed by atoms with Crippen molar-refractivity contribution in [1.29, 1.82) is 0 Å². The minimum Gasteiger partial charge on any atom is -0.0622 e. The van der Waals surface area contributed by atoms with Gasteiger partial charge in [0.05, 0.1) is 0 Å². The van der Waals surface area contributed by atoms with Crippen molar-refractivity contribution in [3.8, 4) is 22.3 Å². The van der Waals surface area contributed by atoms with Crippen LogP contribution in [0, 0.1) is 6.07 Å². The molecule has 22 heavy (non-hydrogen) atoms. The zero-order chi connectivity index (χ0) is 14.8. The van der Waals surface area contributed by atoms with Gasteiger partial charge in [0.1, 0.15) is 0 Å². The molecule has 0 aliphatic heterocycles. The first kappa shape index (κ1) is 12.8. The predicted octanol–water partition coefficient (Wildman–Crippen LogP) is 5.97. The van der Waals surface area contributed by atoms with Crippen molar-refractivity contribution in [2.45, 2.75) is 0 Å². The van der Waals surface area contributed by atoms with Crippen LogP contribution >= 0.6 is 0 Å². The highest BCUT2D eigenvalue weighted by Crippen LogP contribution is 2.28. The van der Waals surface area contributed by atoms with Gasteiger partial charge in [0.2, 0.25) is 0 Å². The van der Waals surface area contributed by atoms with Crippen molar-refractivity contribution in [1.82, 2.24) is 0 Å². The Morgan fingerprint density at radius 3 is 2.14 bits per heavy atom. The molecule has 0 aliphatic rings. The molecule has 0 heteroatoms. The Morgan fingerprint density at radius 2 is 1.23 bits per heavy atom. The molecule has 4 aromatic rings. The van der Waals surface area contributed by atoms with Crippen LogP contribution in [0.25, 0.3) is 33.0 Å². The van der Waals surface area contributed by atoms with Crippen molar-refractivity contribution in [3.63, 3.8) is 0 Å². The molecule has 0 spiro atoms. The molecule has 0 N–H and O–H groups in total. The lowest BCUT2D eigenvalue weighted by atomic mass is 9.97. The van der Waals surface area contributed by atoms with E-state index in [9.17, 15) is 0 Å². The molecule has 0 bridgehead atoms. The van der Waals surface area contributed by atoms with Gasteiger partial charge in [-0.25, -0.2) is 0 Å². The minimum absolute atomic E-state index is 1.14. The average molecular weight is 279 g/mol. The third-order valence-corrected chi connectivity index (χ3v) is 3.94. The molecule has 0 aromatic heterocycles. The Labute approximate surface area is 130 Å². The first-order chi connectivity index (χ1) is 10.9. The Balaban J connectivity index is 1.81. The van der Waals surface area contributed by atoms with Gasteiger partial charge in [0, 0.05) is 0 Å². The third kappa shape index (κ3) is 2.40. The smallest absolute Gasteiger partial charge is 0.00143 e. The molecule has 0 amide bonds. The van der Waals surface area contributed by atoms with Crippen LogP contribution in [0.1, 0.15) is 0 Å². The quantitative estimate of drug-likeness (QED) is 0.424. The molecule has 0 saturated carbocycles. The molecule has 0 heterocycles. The summed E-state index contributed by atoms with van der Waals surface area (Å²) < 4.78 is 0. The Morgan fingerprint density at radius 1 is 0.500 bits per heavy atom. The molecule has 0 unspecified atom stereocenters. The Kier molecular flexibility index (Phi) is 3.21. The summed E-state index contributed by atoms with van der Waals surface area (Å²) in [5.41, 5.74) is 4.81. The van der Waals surface area contributed by atoms with Gasteiger partial charge < -0.3 is 0 Å². The molecular weight excluding hydrogens is 264 g/mol. The van der Waals surface area contributed by atoms with Crippen LogP contribution in [-0.2, 0) is 0 Å². The van der Waals surface area contributed by atoms with Crippen molar-refractivity contribution >= 4 is 10.8 Å². The first-order valence-electron chi connectivity index (χ1n) is 7.47. The van der Waals surface area contributed by atoms with Crippen molar-refractivity contribution in [2.24, 2.45) is 0 Å². The van der Waals surface area contributed by atoms with Gasteiger partial charge in [-0.3, -0.25) is 0 Å². The van der Waals surface area contributed by atoms with E-state index >= 15 is 0 Å². The van der Waals surface area contributed by atoms with Crippen LogP contribution in [0.5, 0.6) is 0 Å². The lowest BCUT2D eigenvalue weighted by molar-refractivity contribution is 1.59. The summed E-state index contributed by atoms with van der Waals surface area (Å²) in [6.45, 7) is 0. The minimum atomic E-state index is 1.14. The van der Waals surface area contributed by atoms with Gasteiger partial charge in [-0.15, -0.1) is 0 Å². The molecule has 0 aliphatic carbocycles. The fourth-order valence-electron chi connectivity index (χ4n) is 2.78. The van der Waals surface area contributed by atoms with E-state index in [2.05, 4.69) is 91.0 Å². The average Bonchev–Trinajstić information content (AvgIpc) is 2.62. The zero-order valence-electron chi connectivity index (χ0n) is 12.2. The molecule has 4 rings (SSSR count). The SMILES string of the molecule is [c]1c(-c2cccc(-c3ccccc3)c2)ccc2ccccc12. The van der Waals surface area contributed by atoms with Crippen LogP contribution in [0.15, 0.2) is 91.0 Å². The van der Waals surface area contributed by atoms with E-state index in [1.54, 1.807) is 0 Å². The number of rotatable bonds is 2. The lowest BCUT2D eigenvalue weighted by Gasteiger charge is -2.07. The Bertz CT molecular complexity index is 920. The molecule has 4 aromatic carbocycles. The van der Waals surface area contributed by atoms with E-state index in [4.69, 9.17) is 0 Å². The van der Waals surface area contributed by atoms with Crippen LogP contribution < -0.4 is 0 Å². The number of hydrogen-bond donors (Lipinski definition) is 0. The molecule has 0 nitrogen and oxygen atoms in total. The zero-order valence-corrected chi connectivity index (χ0v) is 12.2. The van der Waals surface area contributed by atoms with Crippen molar-refractivity contribution < 1.29 is 0 Å². The van der Waals surface area contributed by atoms with Crippen LogP contribution in [0.2, 0.25) is 0 Å². The summed E-state index contributed by atoms with van der Waals surface area (Å²) >= 11 is 0. The summed E-state index contributed by atoms with van der Waals surface area (Å²) in [7, 11) is 0. The fourth-order valence-corrected chi connectivity index (χ4v) is 2.78. The summed E-state index contributed by atoms with van der Waals surface area (Å²) in [6, 6.07) is 35.3. The van der Waals surface area contributed by atoms with E-state index < -0.39 is 0 Å². The molecule has 0 saturated heterocycles. The summed E-state index contributed by atoms with van der Waals surface area (Å²) in [5, 5.41) is 2.38. The molecule has 1 radical (unpaired) electrons. The first-order valence-corrected chi connectivity index (χ1v) is 7.47. The number of fused-ring (bicyclic) bond motifs is 1. The Hall–Kier alpha value is -2.86. The summed E-state index contributed by atoms with van der Waals surface area (Å²) in [4.78, 5) is 0. The standard InChI is InChI=1S/C22H15/c1-2-7-17(8-3-1)20-11-6-12-21(15-20)22-14-13-18-9-4-5-10-19(18)16-22/h1-15H. The molecular formula is C22H15. The highest BCUT2D eigenvalue weighted by Gasteiger charge is 2.03. The largest absolute Gasteiger partial charge is 0.0622 e. The summed E-state index contributed by atoms with van der Waals surface area (Å²) in [5.74, 6) is 0. The number of hydrogen-bond acceptors (Lipinski definition) is 0. The molecule has 0 fully saturated rings. The maximum atomic E-state index is 3.52. The van der Waals surface area contributed by atoms with Crippen molar-refractivity contribution in [3.05, 3.63) is 97.1 Å². The fraction of sp³-hybridized carbons (Fsp3) is 0. The van der Waals surface area contributed by atoms with Gasteiger partial charge in [0.15, 0.2) is 0 Å². The maximum absolute atomic E-state index is 3.52. The second-order valence-electron chi connectivity index (χ2n) is 5.41. The van der Waals surface area contributed by atoms with Gasteiger partial charge in [0.25, 0.3) is 0 Å². The lowest BCUT2D eigenvalue weighted by Crippen LogP contribution is -1.82. The van der Waals surface area contributed by atoms with Gasteiger partial charge in [-0.05, 0) is 45.2 Å². The monoisotopic (exact) mass is 279 g/mol. The highest BCUT2D eigenvalue weighted by molar-refractivity contribution is 5.87. The van der Waals surface area contributed by atoms with Crippen molar-refractivity contribution in [2.75, 3.05) is 0 Å². The van der Waals surface area contributed by atoms with Gasteiger partial charge in [-0.2, -0.15) is 0 Å². The second kappa shape index (κ2) is 5.50. The third-order valence-electron chi connectivity index (χ3n) is 3.94. The van der Waals surface area contributed by atoms with E-state index in [0.29, 0.717) is 0 Å². The van der Waals surface area contributed by atoms with Gasteiger partial charge in [-0.1, -0.05) is 84.9 Å². The topological polar surface area (TPSA) is 0 Å². The predicted molar refractivity (Wildman–Crippen MR) is 93.7 cm³/mol. The van der Waals surface area contributed by atoms with E-state index in [0.717, 1.165) is 10.9 Å². The number of benzene rings is 4. The van der Waals surface area contributed by atoms with Crippen LogP contribution in [0.4, 0.5) is 0 Å². The van der Waals surface area contributed by atoms with Crippen LogP contribution in [0.3, 0.4) is 0 Å². The van der Waals surface area contributed by atoms with E-state index in [-0.39, 0.29) is 0 Å². The second-order valence-corrected chi connectivity index (χ2v) is 5.41. The normalized spacial score (nSPS) is 10.7. The maximum Gasteiger partial charge on any atom is -0.00143 e. The van der Waals surface area contributed by atoms with E-state index in [1.807, 2.05) is 6.07 Å². The highest BCUT2D eigenvalue weighted by atomic mass is 14.1. The van der Waals surface area contributed by atoms with Gasteiger partial charge >= 0.3 is 0 Å². The van der Waals surface area contributed by atoms with E-state index in [1.165, 1.54) is 22.1 Å².